The average molecular weight is 451 g/mol. The Balaban J connectivity index is 2.17. The third-order valence-electron chi connectivity index (χ3n) is 4.28. The highest BCUT2D eigenvalue weighted by molar-refractivity contribution is 9.10. The van der Waals surface area contributed by atoms with Crippen LogP contribution in [0.4, 0.5) is 15.9 Å². The van der Waals surface area contributed by atoms with Gasteiger partial charge < -0.3 is 15.6 Å². The van der Waals surface area contributed by atoms with Crippen LogP contribution in [0.2, 0.25) is 0 Å². The maximum absolute atomic E-state index is 13.7. The smallest absolute Gasteiger partial charge is 0.258 e. The largest absolute Gasteiger partial charge is 0.396 e. The van der Waals surface area contributed by atoms with Crippen LogP contribution in [0.25, 0.3) is 22.0 Å². The van der Waals surface area contributed by atoms with Gasteiger partial charge in [-0.15, -0.1) is 0 Å². The zero-order valence-electron chi connectivity index (χ0n) is 15.1. The number of nitrogen functional groups attached to an aromatic ring is 1. The highest BCUT2D eigenvalue weighted by atomic mass is 79.9. The van der Waals surface area contributed by atoms with E-state index in [1.807, 2.05) is 19.2 Å². The van der Waals surface area contributed by atoms with Crippen molar-refractivity contribution in [3.63, 3.8) is 0 Å². The topological polar surface area (TPSA) is 72.9 Å². The Hall–Kier alpha value is -2.06. The Morgan fingerprint density at radius 2 is 2.07 bits per heavy atom. The summed E-state index contributed by atoms with van der Waals surface area (Å²) >= 11 is 5.09. The molecule has 0 radical (unpaired) electrons. The van der Waals surface area contributed by atoms with Crippen molar-refractivity contribution in [2.75, 3.05) is 29.6 Å². The summed E-state index contributed by atoms with van der Waals surface area (Å²) in [7, 11) is 0. The number of aryl methyl sites for hydroxylation is 1. The lowest BCUT2D eigenvalue weighted by Gasteiger charge is -2.14. The lowest BCUT2D eigenvalue weighted by molar-refractivity contribution is 0.632. The summed E-state index contributed by atoms with van der Waals surface area (Å²) in [4.78, 5) is 17.5. The van der Waals surface area contributed by atoms with Gasteiger partial charge in [0.05, 0.1) is 11.2 Å². The van der Waals surface area contributed by atoms with Crippen molar-refractivity contribution < 1.29 is 4.39 Å². The molecule has 2 heterocycles. The molecule has 0 amide bonds. The van der Waals surface area contributed by atoms with E-state index in [9.17, 15) is 9.18 Å². The highest BCUT2D eigenvalue weighted by Gasteiger charge is 2.15. The average Bonchev–Trinajstić information content (AvgIpc) is 2.65. The molecule has 0 fully saturated rings. The number of hydrogen-bond donors (Lipinski definition) is 2. The van der Waals surface area contributed by atoms with E-state index in [2.05, 4.69) is 26.2 Å². The van der Waals surface area contributed by atoms with Crippen molar-refractivity contribution in [1.29, 1.82) is 0 Å². The Morgan fingerprint density at radius 1 is 1.30 bits per heavy atom. The quantitative estimate of drug-likeness (QED) is 0.431. The molecule has 0 unspecified atom stereocenters. The SMILES string of the molecule is CCn1c(=O)c(-c2cc(N)c(F)cc2Br)cc2cnc(NCCSC)cc21. The van der Waals surface area contributed by atoms with Gasteiger partial charge in [-0.3, -0.25) is 4.79 Å². The van der Waals surface area contributed by atoms with Gasteiger partial charge in [-0.25, -0.2) is 9.37 Å². The van der Waals surface area contributed by atoms with Crippen molar-refractivity contribution in [2.45, 2.75) is 13.5 Å². The molecule has 0 atom stereocenters. The summed E-state index contributed by atoms with van der Waals surface area (Å²) in [6, 6.07) is 6.42. The second kappa shape index (κ2) is 8.31. The van der Waals surface area contributed by atoms with Crippen LogP contribution in [-0.4, -0.2) is 28.1 Å². The van der Waals surface area contributed by atoms with Crippen LogP contribution in [0.1, 0.15) is 6.92 Å². The molecule has 0 saturated heterocycles. The Morgan fingerprint density at radius 3 is 2.78 bits per heavy atom. The summed E-state index contributed by atoms with van der Waals surface area (Å²) in [6.07, 6.45) is 3.79. The minimum atomic E-state index is -0.523. The van der Waals surface area contributed by atoms with Crippen LogP contribution in [-0.2, 0) is 6.54 Å². The first-order valence-electron chi connectivity index (χ1n) is 8.47. The fourth-order valence-electron chi connectivity index (χ4n) is 2.93. The molecule has 3 N–H and O–H groups in total. The van der Waals surface area contributed by atoms with E-state index in [0.29, 0.717) is 22.1 Å². The second-order valence-corrected chi connectivity index (χ2v) is 7.85. The first-order valence-corrected chi connectivity index (χ1v) is 10.7. The van der Waals surface area contributed by atoms with Gasteiger partial charge in [-0.2, -0.15) is 11.8 Å². The van der Waals surface area contributed by atoms with Crippen LogP contribution in [0.5, 0.6) is 0 Å². The summed E-state index contributed by atoms with van der Waals surface area (Å²) < 4.78 is 15.9. The fraction of sp³-hybridized carbons (Fsp3) is 0.263. The monoisotopic (exact) mass is 450 g/mol. The Bertz CT molecular complexity index is 1050. The maximum atomic E-state index is 13.7. The molecular formula is C19H20BrFN4OS. The number of halogens is 2. The number of rotatable bonds is 6. The second-order valence-electron chi connectivity index (χ2n) is 6.01. The first-order chi connectivity index (χ1) is 13.0. The molecule has 0 aliphatic heterocycles. The summed E-state index contributed by atoms with van der Waals surface area (Å²) in [6.45, 7) is 3.22. The Labute approximate surface area is 169 Å². The van der Waals surface area contributed by atoms with E-state index in [0.717, 1.165) is 29.0 Å². The molecule has 0 spiro atoms. The third kappa shape index (κ3) is 3.96. The normalized spacial score (nSPS) is 11.1. The predicted octanol–water partition coefficient (Wildman–Crippen LogP) is 4.34. The summed E-state index contributed by atoms with van der Waals surface area (Å²) in [5.41, 5.74) is 7.38. The molecule has 8 heteroatoms. The van der Waals surface area contributed by atoms with E-state index in [1.54, 1.807) is 28.6 Å². The number of fused-ring (bicyclic) bond motifs is 1. The standard InChI is InChI=1S/C19H20BrFN4OS/c1-3-25-17-9-18(23-4-5-27-2)24-10-11(17)6-13(19(25)26)12-7-16(22)15(21)8-14(12)20/h6-10H,3-5,22H2,1-2H3,(H,23,24). The number of benzene rings is 1. The molecule has 0 saturated carbocycles. The molecule has 0 aliphatic carbocycles. The van der Waals surface area contributed by atoms with E-state index >= 15 is 0 Å². The predicted molar refractivity (Wildman–Crippen MR) is 116 cm³/mol. The molecule has 1 aromatic carbocycles. The number of aromatic nitrogens is 2. The molecular weight excluding hydrogens is 431 g/mol. The summed E-state index contributed by atoms with van der Waals surface area (Å²) in [5.74, 6) is 1.18. The molecule has 3 rings (SSSR count). The zero-order valence-corrected chi connectivity index (χ0v) is 17.5. The van der Waals surface area contributed by atoms with E-state index in [-0.39, 0.29) is 11.2 Å². The molecule has 0 aliphatic rings. The third-order valence-corrected chi connectivity index (χ3v) is 5.55. The molecule has 0 bridgehead atoms. The lowest BCUT2D eigenvalue weighted by atomic mass is 10.0. The number of hydrogen-bond acceptors (Lipinski definition) is 5. The molecule has 3 aromatic rings. The first kappa shape index (κ1) is 19.7. The molecule has 5 nitrogen and oxygen atoms in total. The molecule has 27 heavy (non-hydrogen) atoms. The van der Waals surface area contributed by atoms with Crippen LogP contribution in [0, 0.1) is 5.82 Å². The van der Waals surface area contributed by atoms with Gasteiger partial charge in [-0.05, 0) is 31.4 Å². The van der Waals surface area contributed by atoms with Crippen molar-refractivity contribution >= 4 is 50.1 Å². The van der Waals surface area contributed by atoms with Gasteiger partial charge in [0.2, 0.25) is 0 Å². The van der Waals surface area contributed by atoms with Crippen LogP contribution in [0.3, 0.4) is 0 Å². The van der Waals surface area contributed by atoms with Gasteiger partial charge >= 0.3 is 0 Å². The number of nitrogens with two attached hydrogens (primary N) is 1. The molecule has 2 aromatic heterocycles. The van der Waals surface area contributed by atoms with Crippen molar-refractivity contribution in [3.8, 4) is 11.1 Å². The number of pyridine rings is 2. The van der Waals surface area contributed by atoms with Crippen molar-refractivity contribution in [1.82, 2.24) is 9.55 Å². The van der Waals surface area contributed by atoms with Crippen LogP contribution < -0.4 is 16.6 Å². The van der Waals surface area contributed by atoms with Crippen LogP contribution >= 0.6 is 27.7 Å². The molecule has 142 valence electrons. The van der Waals surface area contributed by atoms with Crippen molar-refractivity contribution in [3.05, 3.63) is 51.1 Å². The number of thioether (sulfide) groups is 1. The number of anilines is 2. The highest BCUT2D eigenvalue weighted by Crippen LogP contribution is 2.31. The Kier molecular flexibility index (Phi) is 6.06. The van der Waals surface area contributed by atoms with Crippen LogP contribution in [0.15, 0.2) is 39.7 Å². The minimum absolute atomic E-state index is 0.00205. The number of nitrogens with one attached hydrogen (secondary N) is 1. The lowest BCUT2D eigenvalue weighted by Crippen LogP contribution is -2.22. The fourth-order valence-corrected chi connectivity index (χ4v) is 3.76. The van der Waals surface area contributed by atoms with Gasteiger partial charge in [0, 0.05) is 52.1 Å². The zero-order chi connectivity index (χ0) is 19.6. The van der Waals surface area contributed by atoms with E-state index < -0.39 is 5.82 Å². The van der Waals surface area contributed by atoms with Gasteiger partial charge in [0.15, 0.2) is 0 Å². The van der Waals surface area contributed by atoms with Gasteiger partial charge in [-0.1, -0.05) is 15.9 Å². The maximum Gasteiger partial charge on any atom is 0.258 e. The van der Waals surface area contributed by atoms with Gasteiger partial charge in [0.1, 0.15) is 11.6 Å². The minimum Gasteiger partial charge on any atom is -0.396 e. The van der Waals surface area contributed by atoms with E-state index in [4.69, 9.17) is 5.73 Å². The summed E-state index contributed by atoms with van der Waals surface area (Å²) in [5, 5.41) is 4.09. The van der Waals surface area contributed by atoms with Gasteiger partial charge in [0.25, 0.3) is 5.56 Å². The number of nitrogens with zero attached hydrogens (tertiary/aromatic N) is 2. The van der Waals surface area contributed by atoms with Crippen molar-refractivity contribution in [2.24, 2.45) is 0 Å². The van der Waals surface area contributed by atoms with E-state index in [1.165, 1.54) is 12.1 Å².